The highest BCUT2D eigenvalue weighted by Crippen LogP contribution is 2.32. The Labute approximate surface area is 116 Å². The molecular formula is C16H24N2O. The van der Waals surface area contributed by atoms with Gasteiger partial charge < -0.3 is 14.5 Å². The van der Waals surface area contributed by atoms with Gasteiger partial charge in [0.05, 0.1) is 6.61 Å². The van der Waals surface area contributed by atoms with Crippen molar-refractivity contribution in [1.82, 2.24) is 0 Å². The first-order valence-corrected chi connectivity index (χ1v) is 7.50. The van der Waals surface area contributed by atoms with Crippen molar-refractivity contribution < 1.29 is 4.74 Å². The standard InChI is InChI=1S/C16H24N2O/c1-19-12-11-18-10-4-5-14-6-7-15(13-16(14)18)17-8-2-3-9-17/h6-7,13H,2-5,8-12H2,1H3. The summed E-state index contributed by atoms with van der Waals surface area (Å²) in [5.41, 5.74) is 4.35. The van der Waals surface area contributed by atoms with Crippen LogP contribution < -0.4 is 9.80 Å². The van der Waals surface area contributed by atoms with E-state index in [0.717, 1.165) is 13.2 Å². The fourth-order valence-electron chi connectivity index (χ4n) is 3.24. The van der Waals surface area contributed by atoms with Gasteiger partial charge in [-0.25, -0.2) is 0 Å². The van der Waals surface area contributed by atoms with Gasteiger partial charge >= 0.3 is 0 Å². The molecule has 2 aliphatic rings. The highest BCUT2D eigenvalue weighted by Gasteiger charge is 2.19. The number of benzene rings is 1. The molecule has 1 aromatic carbocycles. The molecule has 3 heteroatoms. The number of anilines is 2. The molecule has 19 heavy (non-hydrogen) atoms. The van der Waals surface area contributed by atoms with Gasteiger partial charge in [-0.1, -0.05) is 6.07 Å². The summed E-state index contributed by atoms with van der Waals surface area (Å²) in [5.74, 6) is 0. The van der Waals surface area contributed by atoms with Gasteiger partial charge in [0.2, 0.25) is 0 Å². The van der Waals surface area contributed by atoms with Gasteiger partial charge in [0, 0.05) is 44.7 Å². The highest BCUT2D eigenvalue weighted by atomic mass is 16.5. The van der Waals surface area contributed by atoms with E-state index in [1.165, 1.54) is 62.3 Å². The lowest BCUT2D eigenvalue weighted by Crippen LogP contribution is -2.32. The lowest BCUT2D eigenvalue weighted by molar-refractivity contribution is 0.205. The molecule has 0 spiro atoms. The zero-order chi connectivity index (χ0) is 13.1. The molecule has 0 N–H and O–H groups in total. The molecule has 0 atom stereocenters. The molecule has 1 fully saturated rings. The second-order valence-electron chi connectivity index (χ2n) is 5.59. The molecule has 0 saturated carbocycles. The van der Waals surface area contributed by atoms with Gasteiger partial charge in [-0.15, -0.1) is 0 Å². The molecule has 0 radical (unpaired) electrons. The molecule has 0 aromatic heterocycles. The number of nitrogens with zero attached hydrogens (tertiary/aromatic N) is 2. The van der Waals surface area contributed by atoms with Gasteiger partial charge in [-0.3, -0.25) is 0 Å². The molecule has 0 bridgehead atoms. The molecule has 0 unspecified atom stereocenters. The van der Waals surface area contributed by atoms with E-state index in [1.54, 1.807) is 7.11 Å². The van der Waals surface area contributed by atoms with Gasteiger partial charge in [0.1, 0.15) is 0 Å². The van der Waals surface area contributed by atoms with E-state index in [-0.39, 0.29) is 0 Å². The molecule has 0 aliphatic carbocycles. The van der Waals surface area contributed by atoms with E-state index >= 15 is 0 Å². The maximum atomic E-state index is 5.24. The van der Waals surface area contributed by atoms with E-state index in [2.05, 4.69) is 28.0 Å². The van der Waals surface area contributed by atoms with Gasteiger partial charge in [0.25, 0.3) is 0 Å². The lowest BCUT2D eigenvalue weighted by Gasteiger charge is -2.32. The van der Waals surface area contributed by atoms with Crippen LogP contribution in [0.1, 0.15) is 24.8 Å². The third-order valence-electron chi connectivity index (χ3n) is 4.32. The molecular weight excluding hydrogens is 236 g/mol. The topological polar surface area (TPSA) is 15.7 Å². The van der Waals surface area contributed by atoms with Crippen molar-refractivity contribution in [2.45, 2.75) is 25.7 Å². The van der Waals surface area contributed by atoms with Crippen LogP contribution in [0, 0.1) is 0 Å². The summed E-state index contributed by atoms with van der Waals surface area (Å²) < 4.78 is 5.24. The first kappa shape index (κ1) is 12.8. The zero-order valence-corrected chi connectivity index (χ0v) is 11.9. The van der Waals surface area contributed by atoms with Crippen molar-refractivity contribution in [3.63, 3.8) is 0 Å². The normalized spacial score (nSPS) is 18.8. The fourth-order valence-corrected chi connectivity index (χ4v) is 3.24. The molecule has 2 heterocycles. The molecule has 2 aliphatic heterocycles. The van der Waals surface area contributed by atoms with E-state index in [1.807, 2.05) is 0 Å². The Morgan fingerprint density at radius 1 is 1.11 bits per heavy atom. The minimum absolute atomic E-state index is 0.813. The molecule has 1 aromatic rings. The highest BCUT2D eigenvalue weighted by molar-refractivity contribution is 5.65. The molecule has 3 rings (SSSR count). The van der Waals surface area contributed by atoms with Crippen molar-refractivity contribution >= 4 is 11.4 Å². The number of fused-ring (bicyclic) bond motifs is 1. The second-order valence-corrected chi connectivity index (χ2v) is 5.59. The van der Waals surface area contributed by atoms with Crippen LogP contribution in [0.2, 0.25) is 0 Å². The second kappa shape index (κ2) is 5.83. The summed E-state index contributed by atoms with van der Waals surface area (Å²) in [4.78, 5) is 5.01. The predicted molar refractivity (Wildman–Crippen MR) is 80.3 cm³/mol. The molecule has 1 saturated heterocycles. The van der Waals surface area contributed by atoms with Crippen molar-refractivity contribution in [2.75, 3.05) is 49.7 Å². The van der Waals surface area contributed by atoms with Crippen LogP contribution in [0.25, 0.3) is 0 Å². The van der Waals surface area contributed by atoms with Crippen LogP contribution >= 0.6 is 0 Å². The van der Waals surface area contributed by atoms with E-state index in [9.17, 15) is 0 Å². The summed E-state index contributed by atoms with van der Waals surface area (Å²) in [6.07, 6.45) is 5.16. The van der Waals surface area contributed by atoms with Crippen LogP contribution in [-0.2, 0) is 11.2 Å². The Kier molecular flexibility index (Phi) is 3.92. The average molecular weight is 260 g/mol. The number of ether oxygens (including phenoxy) is 1. The number of hydrogen-bond donors (Lipinski definition) is 0. The maximum Gasteiger partial charge on any atom is 0.0637 e. The minimum Gasteiger partial charge on any atom is -0.383 e. The van der Waals surface area contributed by atoms with Crippen molar-refractivity contribution in [2.24, 2.45) is 0 Å². The van der Waals surface area contributed by atoms with Crippen molar-refractivity contribution in [3.8, 4) is 0 Å². The Balaban J connectivity index is 1.83. The Bertz CT molecular complexity index is 427. The van der Waals surface area contributed by atoms with Gasteiger partial charge in [0.15, 0.2) is 0 Å². The third kappa shape index (κ3) is 2.71. The Hall–Kier alpha value is -1.22. The van der Waals surface area contributed by atoms with Crippen LogP contribution in [-0.4, -0.2) is 39.9 Å². The zero-order valence-electron chi connectivity index (χ0n) is 11.9. The molecule has 3 nitrogen and oxygen atoms in total. The van der Waals surface area contributed by atoms with E-state index in [4.69, 9.17) is 4.74 Å². The van der Waals surface area contributed by atoms with E-state index in [0.29, 0.717) is 0 Å². The van der Waals surface area contributed by atoms with Crippen LogP contribution in [0.5, 0.6) is 0 Å². The Morgan fingerprint density at radius 2 is 1.95 bits per heavy atom. The summed E-state index contributed by atoms with van der Waals surface area (Å²) in [5, 5.41) is 0. The monoisotopic (exact) mass is 260 g/mol. The summed E-state index contributed by atoms with van der Waals surface area (Å²) >= 11 is 0. The van der Waals surface area contributed by atoms with E-state index < -0.39 is 0 Å². The van der Waals surface area contributed by atoms with Crippen molar-refractivity contribution in [3.05, 3.63) is 23.8 Å². The van der Waals surface area contributed by atoms with Crippen LogP contribution in [0.4, 0.5) is 11.4 Å². The lowest BCUT2D eigenvalue weighted by atomic mass is 10.0. The fraction of sp³-hybridized carbons (Fsp3) is 0.625. The minimum atomic E-state index is 0.813. The van der Waals surface area contributed by atoms with Crippen molar-refractivity contribution in [1.29, 1.82) is 0 Å². The number of methoxy groups -OCH3 is 1. The first-order chi connectivity index (χ1) is 9.38. The number of hydrogen-bond acceptors (Lipinski definition) is 3. The Morgan fingerprint density at radius 3 is 2.74 bits per heavy atom. The average Bonchev–Trinajstić information content (AvgIpc) is 2.98. The molecule has 0 amide bonds. The predicted octanol–water partition coefficient (Wildman–Crippen LogP) is 2.69. The number of rotatable bonds is 4. The van der Waals surface area contributed by atoms with Crippen LogP contribution in [0.3, 0.4) is 0 Å². The summed E-state index contributed by atoms with van der Waals surface area (Å²) in [6, 6.07) is 7.04. The smallest absolute Gasteiger partial charge is 0.0637 e. The summed E-state index contributed by atoms with van der Waals surface area (Å²) in [7, 11) is 1.78. The third-order valence-corrected chi connectivity index (χ3v) is 4.32. The SMILES string of the molecule is COCCN1CCCc2ccc(N3CCCC3)cc21. The largest absolute Gasteiger partial charge is 0.383 e. The summed E-state index contributed by atoms with van der Waals surface area (Å²) in [6.45, 7) is 5.42. The maximum absolute atomic E-state index is 5.24. The molecule has 104 valence electrons. The van der Waals surface area contributed by atoms with Crippen LogP contribution in [0.15, 0.2) is 18.2 Å². The first-order valence-electron chi connectivity index (χ1n) is 7.50. The van der Waals surface area contributed by atoms with Gasteiger partial charge in [-0.2, -0.15) is 0 Å². The van der Waals surface area contributed by atoms with Gasteiger partial charge in [-0.05, 0) is 43.4 Å². The number of aryl methyl sites for hydroxylation is 1. The quantitative estimate of drug-likeness (QED) is 0.828.